The second kappa shape index (κ2) is 3.04. The normalized spacial score (nSPS) is 9.67. The number of aromatic nitrogens is 4. The average molecular weight is 158 g/mol. The summed E-state index contributed by atoms with van der Waals surface area (Å²) in [6, 6.07) is 3.60. The third-order valence-electron chi connectivity index (χ3n) is 1.41. The topological polar surface area (TPSA) is 51.6 Å². The lowest BCUT2D eigenvalue weighted by atomic mass is 10.3. The van der Waals surface area contributed by atoms with Gasteiger partial charge in [-0.2, -0.15) is 10.2 Å². The number of nitrogens with zero attached hydrogens (tertiary/aromatic N) is 4. The Morgan fingerprint density at radius 1 is 0.917 bits per heavy atom. The summed E-state index contributed by atoms with van der Waals surface area (Å²) in [7, 11) is 0. The average Bonchev–Trinajstić information content (AvgIpc) is 2.21. The fourth-order valence-corrected chi connectivity index (χ4v) is 0.871. The van der Waals surface area contributed by atoms with Crippen molar-refractivity contribution in [2.24, 2.45) is 0 Å². The largest absolute Gasteiger partial charge is 0.237 e. The van der Waals surface area contributed by atoms with Gasteiger partial charge < -0.3 is 0 Å². The summed E-state index contributed by atoms with van der Waals surface area (Å²) in [6.45, 7) is 0. The van der Waals surface area contributed by atoms with Crippen LogP contribution in [0.1, 0.15) is 0 Å². The van der Waals surface area contributed by atoms with Crippen molar-refractivity contribution in [3.8, 4) is 11.4 Å². The molecule has 58 valence electrons. The summed E-state index contributed by atoms with van der Waals surface area (Å²) in [5, 5.41) is 7.40. The number of hydrogen-bond acceptors (Lipinski definition) is 4. The molecule has 0 aromatic carbocycles. The van der Waals surface area contributed by atoms with Crippen molar-refractivity contribution >= 4 is 0 Å². The van der Waals surface area contributed by atoms with Crippen LogP contribution < -0.4 is 0 Å². The zero-order chi connectivity index (χ0) is 8.23. The molecular formula is C8H6N4. The molecule has 4 heteroatoms. The smallest absolute Gasteiger partial charge is 0.160 e. The monoisotopic (exact) mass is 158 g/mol. The molecule has 0 spiro atoms. The molecule has 0 unspecified atom stereocenters. The predicted molar refractivity (Wildman–Crippen MR) is 43.1 cm³/mol. The second-order valence-corrected chi connectivity index (χ2v) is 2.20. The SMILES string of the molecule is c1cnc(-c2ccnnc2)nc1. The molecule has 0 atom stereocenters. The van der Waals surface area contributed by atoms with Gasteiger partial charge in [0.1, 0.15) is 0 Å². The zero-order valence-corrected chi connectivity index (χ0v) is 6.25. The van der Waals surface area contributed by atoms with Crippen molar-refractivity contribution in [3.63, 3.8) is 0 Å². The van der Waals surface area contributed by atoms with E-state index in [1.165, 1.54) is 0 Å². The van der Waals surface area contributed by atoms with Crippen LogP contribution in [0.4, 0.5) is 0 Å². The lowest BCUT2D eigenvalue weighted by molar-refractivity contribution is 1.02. The minimum atomic E-state index is 0.674. The van der Waals surface area contributed by atoms with Crippen LogP contribution in [-0.4, -0.2) is 20.2 Å². The minimum Gasteiger partial charge on any atom is -0.237 e. The van der Waals surface area contributed by atoms with Crippen molar-refractivity contribution in [2.75, 3.05) is 0 Å². The molecule has 2 aromatic rings. The first kappa shape index (κ1) is 6.84. The van der Waals surface area contributed by atoms with E-state index >= 15 is 0 Å². The third kappa shape index (κ3) is 1.27. The van der Waals surface area contributed by atoms with Crippen molar-refractivity contribution < 1.29 is 0 Å². The van der Waals surface area contributed by atoms with Gasteiger partial charge in [0.05, 0.1) is 12.4 Å². The molecule has 0 saturated heterocycles. The maximum absolute atomic E-state index is 4.07. The molecule has 2 aromatic heterocycles. The van der Waals surface area contributed by atoms with Crippen molar-refractivity contribution in [3.05, 3.63) is 36.9 Å². The predicted octanol–water partition coefficient (Wildman–Crippen LogP) is 0.934. The van der Waals surface area contributed by atoms with Gasteiger partial charge in [-0.3, -0.25) is 0 Å². The quantitative estimate of drug-likeness (QED) is 0.619. The second-order valence-electron chi connectivity index (χ2n) is 2.20. The molecule has 0 radical (unpaired) electrons. The Balaban J connectivity index is 2.46. The fraction of sp³-hybridized carbons (Fsp3) is 0. The van der Waals surface area contributed by atoms with Crippen LogP contribution in [0.5, 0.6) is 0 Å². The highest BCUT2D eigenvalue weighted by molar-refractivity contribution is 5.51. The summed E-state index contributed by atoms with van der Waals surface area (Å²) < 4.78 is 0. The Bertz CT molecular complexity index is 308. The first-order chi connectivity index (χ1) is 5.97. The summed E-state index contributed by atoms with van der Waals surface area (Å²) in [4.78, 5) is 8.14. The van der Waals surface area contributed by atoms with Crippen LogP contribution in [0.2, 0.25) is 0 Å². The first-order valence-electron chi connectivity index (χ1n) is 3.51. The molecule has 12 heavy (non-hydrogen) atoms. The molecule has 4 nitrogen and oxygen atoms in total. The van der Waals surface area contributed by atoms with Gasteiger partial charge in [0.2, 0.25) is 0 Å². The highest BCUT2D eigenvalue weighted by Crippen LogP contribution is 2.08. The maximum atomic E-state index is 4.07. The van der Waals surface area contributed by atoms with Gasteiger partial charge in [-0.25, -0.2) is 9.97 Å². The van der Waals surface area contributed by atoms with Crippen molar-refractivity contribution in [2.45, 2.75) is 0 Å². The number of rotatable bonds is 1. The van der Waals surface area contributed by atoms with Gasteiger partial charge in [-0.05, 0) is 12.1 Å². The van der Waals surface area contributed by atoms with Crippen LogP contribution in [0.15, 0.2) is 36.9 Å². The zero-order valence-electron chi connectivity index (χ0n) is 6.25. The Labute approximate surface area is 69.3 Å². The highest BCUT2D eigenvalue weighted by atomic mass is 15.1. The lowest BCUT2D eigenvalue weighted by Crippen LogP contribution is -1.87. The van der Waals surface area contributed by atoms with E-state index in [2.05, 4.69) is 20.2 Å². The van der Waals surface area contributed by atoms with E-state index < -0.39 is 0 Å². The van der Waals surface area contributed by atoms with Crippen LogP contribution in [-0.2, 0) is 0 Å². The molecule has 2 heterocycles. The van der Waals surface area contributed by atoms with Gasteiger partial charge in [0.25, 0.3) is 0 Å². The summed E-state index contributed by atoms with van der Waals surface area (Å²) in [6.07, 6.45) is 6.65. The van der Waals surface area contributed by atoms with Gasteiger partial charge in [0.15, 0.2) is 5.82 Å². The molecule has 0 aliphatic carbocycles. The molecule has 0 saturated carbocycles. The molecule has 0 aliphatic rings. The Kier molecular flexibility index (Phi) is 1.74. The van der Waals surface area contributed by atoms with Crippen molar-refractivity contribution in [1.29, 1.82) is 0 Å². The van der Waals surface area contributed by atoms with Gasteiger partial charge in [-0.1, -0.05) is 0 Å². The van der Waals surface area contributed by atoms with Gasteiger partial charge >= 0.3 is 0 Å². The van der Waals surface area contributed by atoms with Gasteiger partial charge in [0, 0.05) is 18.0 Å². The van der Waals surface area contributed by atoms with E-state index in [4.69, 9.17) is 0 Å². The first-order valence-corrected chi connectivity index (χ1v) is 3.51. The van der Waals surface area contributed by atoms with E-state index in [9.17, 15) is 0 Å². The van der Waals surface area contributed by atoms with Crippen LogP contribution in [0.3, 0.4) is 0 Å². The van der Waals surface area contributed by atoms with Gasteiger partial charge in [-0.15, -0.1) is 0 Å². The maximum Gasteiger partial charge on any atom is 0.160 e. The molecule has 2 rings (SSSR count). The van der Waals surface area contributed by atoms with E-state index in [1.807, 2.05) is 6.07 Å². The molecule has 0 amide bonds. The molecular weight excluding hydrogens is 152 g/mol. The highest BCUT2D eigenvalue weighted by Gasteiger charge is 1.96. The lowest BCUT2D eigenvalue weighted by Gasteiger charge is -1.94. The molecule has 0 bridgehead atoms. The summed E-state index contributed by atoms with van der Waals surface area (Å²) in [5.41, 5.74) is 0.880. The van der Waals surface area contributed by atoms with E-state index in [1.54, 1.807) is 30.9 Å². The summed E-state index contributed by atoms with van der Waals surface area (Å²) in [5.74, 6) is 0.674. The number of hydrogen-bond donors (Lipinski definition) is 0. The fourth-order valence-electron chi connectivity index (χ4n) is 0.871. The van der Waals surface area contributed by atoms with E-state index in [0.29, 0.717) is 5.82 Å². The van der Waals surface area contributed by atoms with E-state index in [-0.39, 0.29) is 0 Å². The Morgan fingerprint density at radius 3 is 2.42 bits per heavy atom. The Hall–Kier alpha value is -1.84. The summed E-state index contributed by atoms with van der Waals surface area (Å²) >= 11 is 0. The van der Waals surface area contributed by atoms with Crippen molar-refractivity contribution in [1.82, 2.24) is 20.2 Å². The molecule has 0 fully saturated rings. The van der Waals surface area contributed by atoms with Crippen LogP contribution >= 0.6 is 0 Å². The third-order valence-corrected chi connectivity index (χ3v) is 1.41. The molecule has 0 N–H and O–H groups in total. The van der Waals surface area contributed by atoms with E-state index in [0.717, 1.165) is 5.56 Å². The molecule has 0 aliphatic heterocycles. The minimum absolute atomic E-state index is 0.674. The van der Waals surface area contributed by atoms with Crippen LogP contribution in [0.25, 0.3) is 11.4 Å². The Morgan fingerprint density at radius 2 is 1.75 bits per heavy atom. The van der Waals surface area contributed by atoms with Crippen LogP contribution in [0, 0.1) is 0 Å². The standard InChI is InChI=1S/C8H6N4/c1-3-9-8(10-4-1)7-2-5-11-12-6-7/h1-6H.